The van der Waals surface area contributed by atoms with E-state index in [4.69, 9.17) is 53.8 Å². The zero-order chi connectivity index (χ0) is 77.0. The highest BCUT2D eigenvalue weighted by Crippen LogP contribution is 2.41. The molecule has 50 heteroatoms. The zero-order valence-corrected chi connectivity index (χ0v) is 83.4. The number of rotatable bonds is 7. The molecule has 11 rings (SSSR count). The molecular formula is C58H58N5O10S35+. The second-order valence-electron chi connectivity index (χ2n) is 21.2. The summed E-state index contributed by atoms with van der Waals surface area (Å²) in [6, 6.07) is 28.7. The molecule has 0 fully saturated rings. The molecule has 0 aliphatic carbocycles. The largest absolute Gasteiger partial charge is 0.507 e. The van der Waals surface area contributed by atoms with E-state index in [0.717, 1.165) is 38.9 Å². The van der Waals surface area contributed by atoms with Gasteiger partial charge in [0.15, 0.2) is 17.5 Å². The van der Waals surface area contributed by atoms with Crippen LogP contribution in [0.4, 0.5) is 0 Å². The van der Waals surface area contributed by atoms with Gasteiger partial charge >= 0.3 is 0 Å². The van der Waals surface area contributed by atoms with Gasteiger partial charge in [-0.3, -0.25) is 19.2 Å². The fraction of sp³-hybridized carbons (Fsp3) is 0.259. The van der Waals surface area contributed by atoms with Crippen molar-refractivity contribution in [3.63, 3.8) is 0 Å². The number of phenolic OH excluding ortho intramolecular Hbond substituents is 4. The number of aromatic hydroxyl groups is 4. The third-order valence-corrected chi connectivity index (χ3v) is 78.8. The summed E-state index contributed by atoms with van der Waals surface area (Å²) in [6.45, 7) is 16.8. The average Bonchev–Trinajstić information content (AvgIpc) is 1.74. The maximum atomic E-state index is 13.0. The average molecular weight is 2110 g/mol. The van der Waals surface area contributed by atoms with Crippen LogP contribution in [0.15, 0.2) is 112 Å². The number of fused-ring (bicyclic) bond motifs is 5. The number of hydrogen-bond acceptors (Lipinski definition) is 16. The molecule has 6 aromatic carbocycles. The van der Waals surface area contributed by atoms with Crippen LogP contribution >= 0.6 is 0 Å². The second kappa shape index (κ2) is 53.4. The fourth-order valence-corrected chi connectivity index (χ4v) is 84.0. The molecule has 108 heavy (non-hydrogen) atoms. The van der Waals surface area contributed by atoms with Crippen molar-refractivity contribution in [3.05, 3.63) is 183 Å². The van der Waals surface area contributed by atoms with Crippen molar-refractivity contribution in [1.29, 1.82) is 0 Å². The molecule has 8 aromatic rings. The zero-order valence-electron chi connectivity index (χ0n) is 54.8. The first-order valence-corrected chi connectivity index (χ1v) is 73.2. The van der Waals surface area contributed by atoms with E-state index in [2.05, 4.69) is 17.2 Å². The number of carbonyl (C=O) groups excluding carboxylic acids is 4. The van der Waals surface area contributed by atoms with E-state index in [1.54, 1.807) is 267 Å². The fourth-order valence-electron chi connectivity index (χ4n) is 9.89. The van der Waals surface area contributed by atoms with Crippen LogP contribution < -0.4 is 0 Å². The van der Waals surface area contributed by atoms with E-state index in [1.807, 2.05) is 107 Å². The minimum atomic E-state index is -0.465. The molecule has 3 amide bonds. The summed E-state index contributed by atoms with van der Waals surface area (Å²) in [6.07, 6.45) is 3.28. The molecule has 3 aliphatic heterocycles. The van der Waals surface area contributed by atoms with Crippen LogP contribution in [0.3, 0.4) is 0 Å². The van der Waals surface area contributed by atoms with Gasteiger partial charge < -0.3 is 44.2 Å². The molecule has 0 spiro atoms. The van der Waals surface area contributed by atoms with Gasteiger partial charge in [-0.2, -0.15) is 0 Å². The van der Waals surface area contributed by atoms with Gasteiger partial charge in [-0.05, 0) is 75.9 Å². The number of benzene rings is 6. The Kier molecular flexibility index (Phi) is 47.5. The van der Waals surface area contributed by atoms with Gasteiger partial charge in [-0.25, -0.2) is 0 Å². The first-order chi connectivity index (χ1) is 51.9. The Labute approximate surface area is 732 Å². The molecule has 0 saturated heterocycles. The summed E-state index contributed by atoms with van der Waals surface area (Å²) in [5.41, 5.74) is 10.1. The lowest BCUT2D eigenvalue weighted by Gasteiger charge is -2.19. The minimum absolute atomic E-state index is 0. The lowest BCUT2D eigenvalue weighted by atomic mass is 9.95. The number of amides is 3. The highest BCUT2D eigenvalue weighted by Gasteiger charge is 2.32. The number of aromatic nitrogens is 2. The van der Waals surface area contributed by atoms with Crippen LogP contribution in [0, 0.1) is 6.92 Å². The molecule has 584 valence electrons. The maximum Gasteiger partial charge on any atom is 0.258 e. The topological polar surface area (TPSA) is 211 Å². The summed E-state index contributed by atoms with van der Waals surface area (Å²) < 4.78 is 10.5. The minimum Gasteiger partial charge on any atom is -0.507 e. The van der Waals surface area contributed by atoms with Gasteiger partial charge in [0.25, 0.3) is 17.7 Å². The molecule has 1 unspecified atom stereocenters. The highest BCUT2D eigenvalue weighted by molar-refractivity contribution is 8.79. The van der Waals surface area contributed by atoms with Crippen molar-refractivity contribution in [2.75, 3.05) is 0 Å². The lowest BCUT2D eigenvalue weighted by molar-refractivity contribution is 0.0740. The normalized spacial score (nSPS) is 11.6. The molecule has 4 N–H and O–H groups in total. The van der Waals surface area contributed by atoms with Gasteiger partial charge in [0.05, 0.1) is 52.3 Å². The highest BCUT2D eigenvalue weighted by atomic mass is 33.5. The van der Waals surface area contributed by atoms with Crippen molar-refractivity contribution in [3.8, 4) is 23.0 Å². The Bertz CT molecular complexity index is 6080. The number of aldehydes is 1. The van der Waals surface area contributed by atoms with Gasteiger partial charge in [0.2, 0.25) is 0 Å². The van der Waals surface area contributed by atoms with Crippen molar-refractivity contribution >= 4 is 366 Å². The molecular weight excluding hydrogens is 2050 g/mol. The van der Waals surface area contributed by atoms with E-state index >= 15 is 0 Å². The second-order valence-corrected chi connectivity index (χ2v) is 76.1. The first kappa shape index (κ1) is 96.0. The Balaban J connectivity index is 0.000000213. The molecule has 2 aromatic heterocycles. The molecule has 0 bridgehead atoms. The number of carbonyl (C=O) groups is 4. The van der Waals surface area contributed by atoms with E-state index in [-0.39, 0.29) is 71.3 Å². The van der Waals surface area contributed by atoms with Crippen LogP contribution in [0.5, 0.6) is 23.0 Å². The van der Waals surface area contributed by atoms with Crippen LogP contribution in [-0.2, 0) is 359 Å². The lowest BCUT2D eigenvalue weighted by Crippen LogP contribution is -2.25. The summed E-state index contributed by atoms with van der Waals surface area (Å²) in [5, 5.41) is 49.8. The van der Waals surface area contributed by atoms with E-state index < -0.39 is 5.75 Å². The van der Waals surface area contributed by atoms with Gasteiger partial charge in [0, 0.05) is 370 Å². The summed E-state index contributed by atoms with van der Waals surface area (Å²) in [7, 11) is 52.5. The van der Waals surface area contributed by atoms with Crippen LogP contribution in [-0.4, -0.2) is 69.4 Å². The van der Waals surface area contributed by atoms with Gasteiger partial charge in [-0.1, -0.05) is 118 Å². The standard InChI is InChI=1S/C19H18N2O3.C19H16N2O3.C19H19NO4.CH4.S18.S17/c1-11(2)14-7-15(17(22)16-8-20-24-18(14)16)19(23)21-9-12-5-3-4-6-13(12)10-21;1-11(2)14-7-15(18-16(17(14)22)8-20-24-18)19(23)21-9-12-5-3-4-6-13(12)10-21;1-11(2)14-7-15(18(23)16(10-21)17(14)22)19(24)20-8-12-5-3-4-6-13(12)9-20;;1-3-5-7-9-11-13-15-17-18-16-14-12-10-8-6-4-2;1-3-5-7-9-11-13-15-17-16-14-12-10-8-6-4-2/h3-8,11,22H,9-10H2,1-2H3;3-8,11H,1,9-10H2,2H3;3-7,10-11,22-23H,8-9H2,1-2H3;1H4;;/p+1. The quantitative estimate of drug-likeness (QED) is 0.0863. The molecule has 1 atom stereocenters. The van der Waals surface area contributed by atoms with Crippen molar-refractivity contribution in [2.24, 2.45) is 0 Å². The van der Waals surface area contributed by atoms with Crippen molar-refractivity contribution in [2.45, 2.75) is 99.1 Å². The Morgan fingerprint density at radius 3 is 0.963 bits per heavy atom. The Morgan fingerprint density at radius 1 is 0.398 bits per heavy atom. The first-order valence-electron chi connectivity index (χ1n) is 29.2. The summed E-state index contributed by atoms with van der Waals surface area (Å²) in [4.78, 5) is 55.3. The van der Waals surface area contributed by atoms with Crippen molar-refractivity contribution < 1.29 is 48.7 Å². The summed E-state index contributed by atoms with van der Waals surface area (Å²) >= 11 is 19.0. The van der Waals surface area contributed by atoms with Crippen LogP contribution in [0.2, 0.25) is 0 Å². The van der Waals surface area contributed by atoms with Gasteiger partial charge in [0.1, 0.15) is 28.9 Å². The predicted octanol–water partition coefficient (Wildman–Crippen LogP) is 11.2. The van der Waals surface area contributed by atoms with Crippen LogP contribution in [0.1, 0.15) is 151 Å². The maximum absolute atomic E-state index is 13.0. The van der Waals surface area contributed by atoms with E-state index in [9.17, 15) is 39.6 Å². The Hall–Kier alpha value is -0.890. The van der Waals surface area contributed by atoms with Crippen LogP contribution in [0.25, 0.3) is 21.9 Å². The SMILES string of the molecule is C.CC(C)c1cc(C(=O)N2Cc3ccccc3C2)c(O)c(C=O)c1O.CC(C)c1cc(C(=O)N2Cc3ccccc3C2)c(O)c2cnoc12.S=S=S=S=S=S=S=S=S=S=S=S=S=S=S=S=S.S=S=S=S=S=S=S=S=S=S=S=S=S=S=S=S=S=S.[CH2+]C(C)c1cc(C(=O)N2Cc3ccccc3C2)c2oncc2c1O. The van der Waals surface area contributed by atoms with E-state index in [1.165, 1.54) is 54.0 Å². The predicted molar refractivity (Wildman–Crippen MR) is 533 cm³/mol. The molecule has 5 heterocycles. The van der Waals surface area contributed by atoms with E-state index in [0.29, 0.717) is 89.7 Å². The Morgan fingerprint density at radius 2 is 0.667 bits per heavy atom. The monoisotopic (exact) mass is 2100 g/mol. The number of hydrogen-bond donors (Lipinski definition) is 4. The van der Waals surface area contributed by atoms with Crippen molar-refractivity contribution in [1.82, 2.24) is 25.0 Å². The molecule has 3 aliphatic rings. The summed E-state index contributed by atoms with van der Waals surface area (Å²) in [5.74, 6) is -1.46. The third-order valence-electron chi connectivity index (χ3n) is 14.4. The molecule has 15 nitrogen and oxygen atoms in total. The smallest absolute Gasteiger partial charge is 0.258 e. The molecule has 0 saturated carbocycles. The third kappa shape index (κ3) is 29.9. The number of nitrogens with zero attached hydrogens (tertiary/aromatic N) is 5. The number of phenols is 4. The van der Waals surface area contributed by atoms with Gasteiger partial charge in [-0.15, -0.1) is 0 Å². The molecule has 0 radical (unpaired) electrons.